The maximum atomic E-state index is 9.88. The van der Waals surface area contributed by atoms with E-state index in [0.29, 0.717) is 0 Å². The second-order valence-electron chi connectivity index (χ2n) is 1.07. The first-order valence-corrected chi connectivity index (χ1v) is 3.40. The van der Waals surface area contributed by atoms with Gasteiger partial charge >= 0.3 is 82.7 Å². The molecule has 53 valence electrons. The molecule has 0 fully saturated rings. The average molecular weight is 294 g/mol. The van der Waals surface area contributed by atoms with Gasteiger partial charge in [-0.1, -0.05) is 0 Å². The van der Waals surface area contributed by atoms with Crippen LogP contribution in [0.25, 0.3) is 0 Å². The minimum absolute atomic E-state index is 0. The second-order valence-corrected chi connectivity index (χ2v) is 3.21. The molecule has 0 N–H and O–H groups in total. The van der Waals surface area contributed by atoms with Crippen LogP contribution in [0.3, 0.4) is 0 Å². The van der Waals surface area contributed by atoms with Gasteiger partial charge in [-0.3, -0.25) is 0 Å². The van der Waals surface area contributed by atoms with Crippen molar-refractivity contribution < 1.29 is 74.0 Å². The van der Waals surface area contributed by atoms with Crippen LogP contribution in [-0.2, 0) is 0 Å². The quantitative estimate of drug-likeness (QED) is 0.365. The molecule has 0 atom stereocenters. The van der Waals surface area contributed by atoms with Crippen LogP contribution in [0.15, 0.2) is 0 Å². The summed E-state index contributed by atoms with van der Waals surface area (Å²) in [6.07, 6.45) is 0. The van der Waals surface area contributed by atoms with Crippen molar-refractivity contribution in [3.05, 3.63) is 0 Å². The van der Waals surface area contributed by atoms with Gasteiger partial charge in [0.15, 0.2) is 0 Å². The van der Waals surface area contributed by atoms with Crippen LogP contribution in [0.4, 0.5) is 24.6 Å². The average Bonchev–Trinajstić information content (AvgIpc) is 0.592. The van der Waals surface area contributed by atoms with Crippen molar-refractivity contribution >= 4 is 8.63 Å². The van der Waals surface area contributed by atoms with Crippen molar-refractivity contribution in [2.75, 3.05) is 0 Å². The third kappa shape index (κ3) is 158. The molecule has 0 rings (SSSR count). The van der Waals surface area contributed by atoms with E-state index < -0.39 is 8.63 Å². The third-order valence-electron chi connectivity index (χ3n) is 0. The van der Waals surface area contributed by atoms with Gasteiger partial charge in [0, 0.05) is 0 Å². The van der Waals surface area contributed by atoms with Crippen LogP contribution < -0.4 is 0 Å². The largest absolute Gasteiger partial charge is 2.00 e. The minimum atomic E-state index is -10.8. The fraction of sp³-hybridized carbons (Fsp3) is 0. The van der Waals surface area contributed by atoms with Crippen LogP contribution in [0, 0.1) is 49.4 Å². The zero-order valence-corrected chi connectivity index (χ0v) is 6.57. The Kier molecular flexibility index (Phi) is 2.57. The molecule has 0 aromatic rings. The zero-order chi connectivity index (χ0) is 6.41. The van der Waals surface area contributed by atoms with Gasteiger partial charge in [0.1, 0.15) is 0 Å². The summed E-state index contributed by atoms with van der Waals surface area (Å²) in [5.74, 6) is 0. The SMILES string of the molecule is F[Si-2](F)(F)(F)(F)F.[Eu+2]. The molecule has 0 nitrogen and oxygen atoms in total. The Morgan fingerprint density at radius 3 is 0.625 bits per heavy atom. The molecular formula is EuF6Si. The fourth-order valence-electron chi connectivity index (χ4n) is 0. The van der Waals surface area contributed by atoms with Crippen LogP contribution in [0.2, 0.25) is 0 Å². The summed E-state index contributed by atoms with van der Waals surface area (Å²) in [4.78, 5) is 0. The Bertz CT molecular complexity index is 67.1. The topological polar surface area (TPSA) is 0 Å². The minimum Gasteiger partial charge on any atom is 2.00 e. The van der Waals surface area contributed by atoms with Gasteiger partial charge in [-0.05, 0) is 0 Å². The van der Waals surface area contributed by atoms with E-state index in [1.165, 1.54) is 0 Å². The van der Waals surface area contributed by atoms with E-state index in [-0.39, 0.29) is 49.4 Å². The third-order valence-corrected chi connectivity index (χ3v) is 0. The van der Waals surface area contributed by atoms with Crippen LogP contribution >= 0.6 is 0 Å². The molecule has 0 saturated carbocycles. The van der Waals surface area contributed by atoms with Crippen molar-refractivity contribution in [3.63, 3.8) is 0 Å². The molecule has 0 bridgehead atoms. The molecule has 0 aromatic carbocycles. The summed E-state index contributed by atoms with van der Waals surface area (Å²) < 4.78 is 59.3. The van der Waals surface area contributed by atoms with Gasteiger partial charge in [-0.2, -0.15) is 0 Å². The molecule has 0 amide bonds. The van der Waals surface area contributed by atoms with Gasteiger partial charge in [0.25, 0.3) is 0 Å². The van der Waals surface area contributed by atoms with E-state index in [9.17, 15) is 24.6 Å². The Morgan fingerprint density at radius 1 is 0.625 bits per heavy atom. The summed E-state index contributed by atoms with van der Waals surface area (Å²) >= 11 is 0. The molecule has 0 heterocycles. The van der Waals surface area contributed by atoms with Gasteiger partial charge in [-0.15, -0.1) is 0 Å². The molecule has 0 aromatic heterocycles. The first-order chi connectivity index (χ1) is 2.45. The summed E-state index contributed by atoms with van der Waals surface area (Å²) in [5.41, 5.74) is 0. The first kappa shape index (κ1) is 12.1. The maximum Gasteiger partial charge on any atom is 2.00 e. The molecule has 8 heteroatoms. The van der Waals surface area contributed by atoms with E-state index in [0.717, 1.165) is 0 Å². The number of hydrogen-bond acceptors (Lipinski definition) is 0. The van der Waals surface area contributed by atoms with Crippen LogP contribution in [-0.4, -0.2) is 8.63 Å². The second kappa shape index (κ2) is 1.70. The molecule has 1 radical (unpaired) electrons. The summed E-state index contributed by atoms with van der Waals surface area (Å²) in [7, 11) is -10.8. The molecule has 8 heavy (non-hydrogen) atoms. The molecule has 0 aliphatic rings. The maximum absolute atomic E-state index is 10.8. The zero-order valence-electron chi connectivity index (χ0n) is 3.15. The number of hydrogen-bond donors (Lipinski definition) is 0. The van der Waals surface area contributed by atoms with E-state index in [1.54, 1.807) is 0 Å². The summed E-state index contributed by atoms with van der Waals surface area (Å²) in [6.45, 7) is 0. The Morgan fingerprint density at radius 2 is 0.625 bits per heavy atom. The summed E-state index contributed by atoms with van der Waals surface area (Å²) in [5, 5.41) is 0. The smallest absolute Gasteiger partial charge is 2.00 e. The predicted molar refractivity (Wildman–Crippen MR) is 12.4 cm³/mol. The predicted octanol–water partition coefficient (Wildman–Crippen LogP) is 2.14. The number of halogens is 6. The summed E-state index contributed by atoms with van der Waals surface area (Å²) in [6, 6.07) is 0. The van der Waals surface area contributed by atoms with E-state index >= 15 is 0 Å². The van der Waals surface area contributed by atoms with E-state index in [2.05, 4.69) is 0 Å². The van der Waals surface area contributed by atoms with Gasteiger partial charge in [-0.25, -0.2) is 0 Å². The fourth-order valence-corrected chi connectivity index (χ4v) is 0. The molecule has 0 aliphatic carbocycles. The molecule has 0 aliphatic heterocycles. The van der Waals surface area contributed by atoms with Crippen molar-refractivity contribution in [1.82, 2.24) is 0 Å². The molecular weight excluding hydrogens is 294 g/mol. The van der Waals surface area contributed by atoms with Crippen molar-refractivity contribution in [2.24, 2.45) is 0 Å². The van der Waals surface area contributed by atoms with Crippen molar-refractivity contribution in [1.29, 1.82) is 0 Å². The van der Waals surface area contributed by atoms with Gasteiger partial charge in [0.2, 0.25) is 0 Å². The van der Waals surface area contributed by atoms with Crippen LogP contribution in [0.1, 0.15) is 0 Å². The molecule has 0 saturated heterocycles. The van der Waals surface area contributed by atoms with Gasteiger partial charge in [0.05, 0.1) is 0 Å². The molecule has 0 spiro atoms. The Labute approximate surface area is 81.6 Å². The van der Waals surface area contributed by atoms with Crippen LogP contribution in [0.5, 0.6) is 0 Å². The molecule has 0 unspecified atom stereocenters. The Hall–Kier alpha value is 1.38. The van der Waals surface area contributed by atoms with Crippen molar-refractivity contribution in [3.8, 4) is 0 Å². The van der Waals surface area contributed by atoms with E-state index in [1.807, 2.05) is 0 Å². The van der Waals surface area contributed by atoms with Gasteiger partial charge < -0.3 is 0 Å². The normalized spacial score (nSPS) is 20.2. The number of rotatable bonds is 0. The first-order valence-electron chi connectivity index (χ1n) is 1.13. The Balaban J connectivity index is 0. The van der Waals surface area contributed by atoms with E-state index in [4.69, 9.17) is 0 Å². The standard InChI is InChI=1S/Eu.F6Si/c;1-7(2,3,4,5)6/q+2;-2. The van der Waals surface area contributed by atoms with Crippen molar-refractivity contribution in [2.45, 2.75) is 0 Å². The monoisotopic (exact) mass is 295 g/mol.